The van der Waals surface area contributed by atoms with Crippen LogP contribution in [0.15, 0.2) is 0 Å². The molecule has 1 aliphatic heterocycles. The number of piperazine rings is 1. The van der Waals surface area contributed by atoms with Crippen LogP contribution in [0.4, 0.5) is 0 Å². The van der Waals surface area contributed by atoms with E-state index in [-0.39, 0.29) is 12.0 Å². The van der Waals surface area contributed by atoms with E-state index in [2.05, 4.69) is 5.32 Å². The topological polar surface area (TPSA) is 41.6 Å². The summed E-state index contributed by atoms with van der Waals surface area (Å²) < 4.78 is 5.65. The van der Waals surface area contributed by atoms with Gasteiger partial charge in [0.25, 0.3) is 5.91 Å². The molecule has 1 heterocycles. The highest BCUT2D eigenvalue weighted by atomic mass is 16.5. The molecule has 1 unspecified atom stereocenters. The van der Waals surface area contributed by atoms with Crippen molar-refractivity contribution in [1.29, 1.82) is 0 Å². The van der Waals surface area contributed by atoms with Gasteiger partial charge in [-0.1, -0.05) is 19.3 Å². The third kappa shape index (κ3) is 3.68. The van der Waals surface area contributed by atoms with Gasteiger partial charge in [-0.15, -0.1) is 0 Å². The second-order valence-electron chi connectivity index (χ2n) is 5.17. The number of amides is 1. The van der Waals surface area contributed by atoms with E-state index in [0.29, 0.717) is 0 Å². The molecule has 2 aliphatic rings. The monoisotopic (exact) mass is 240 g/mol. The molecule has 0 aromatic carbocycles. The first-order valence-electron chi connectivity index (χ1n) is 6.88. The lowest BCUT2D eigenvalue weighted by atomic mass is 9.83. The minimum absolute atomic E-state index is 0.153. The first-order valence-corrected chi connectivity index (χ1v) is 6.88. The van der Waals surface area contributed by atoms with Crippen molar-refractivity contribution in [2.24, 2.45) is 5.92 Å². The first-order chi connectivity index (χ1) is 8.27. The highest BCUT2D eigenvalue weighted by Gasteiger charge is 2.23. The standard InChI is InChI=1S/C13H24N2O2/c1-11(17-10-5-12-3-2-4-12)13(16)15-8-6-14-7-9-15/h11-12,14H,2-10H2,1H3. The van der Waals surface area contributed by atoms with Crippen LogP contribution in [0.5, 0.6) is 0 Å². The number of hydrogen-bond donors (Lipinski definition) is 1. The van der Waals surface area contributed by atoms with E-state index in [1.807, 2.05) is 11.8 Å². The summed E-state index contributed by atoms with van der Waals surface area (Å²) in [6.45, 7) is 6.06. The highest BCUT2D eigenvalue weighted by molar-refractivity contribution is 5.80. The van der Waals surface area contributed by atoms with E-state index in [1.165, 1.54) is 19.3 Å². The second-order valence-corrected chi connectivity index (χ2v) is 5.17. The fourth-order valence-corrected chi connectivity index (χ4v) is 2.41. The lowest BCUT2D eigenvalue weighted by molar-refractivity contribution is -0.143. The molecule has 4 nitrogen and oxygen atoms in total. The number of ether oxygens (including phenoxy) is 1. The van der Waals surface area contributed by atoms with Crippen LogP contribution in [0.25, 0.3) is 0 Å². The van der Waals surface area contributed by atoms with Crippen molar-refractivity contribution in [1.82, 2.24) is 10.2 Å². The van der Waals surface area contributed by atoms with Crippen molar-refractivity contribution in [3.63, 3.8) is 0 Å². The molecule has 0 aromatic rings. The molecular weight excluding hydrogens is 216 g/mol. The molecular formula is C13H24N2O2. The number of nitrogens with zero attached hydrogens (tertiary/aromatic N) is 1. The molecule has 1 amide bonds. The molecule has 0 bridgehead atoms. The average molecular weight is 240 g/mol. The minimum atomic E-state index is -0.270. The SMILES string of the molecule is CC(OCCC1CCC1)C(=O)N1CCNCC1. The number of hydrogen-bond acceptors (Lipinski definition) is 3. The van der Waals surface area contributed by atoms with Crippen LogP contribution in [-0.4, -0.2) is 49.7 Å². The van der Waals surface area contributed by atoms with Gasteiger partial charge in [0, 0.05) is 32.8 Å². The molecule has 1 N–H and O–H groups in total. The summed E-state index contributed by atoms with van der Waals surface area (Å²) in [5.41, 5.74) is 0. The van der Waals surface area contributed by atoms with Crippen molar-refractivity contribution in [3.05, 3.63) is 0 Å². The highest BCUT2D eigenvalue weighted by Crippen LogP contribution is 2.29. The Bertz CT molecular complexity index is 248. The number of nitrogens with one attached hydrogen (secondary N) is 1. The quantitative estimate of drug-likeness (QED) is 0.780. The largest absolute Gasteiger partial charge is 0.369 e. The van der Waals surface area contributed by atoms with Crippen LogP contribution in [0.1, 0.15) is 32.6 Å². The van der Waals surface area contributed by atoms with Crippen LogP contribution in [-0.2, 0) is 9.53 Å². The van der Waals surface area contributed by atoms with E-state index < -0.39 is 0 Å². The van der Waals surface area contributed by atoms with Crippen molar-refractivity contribution >= 4 is 5.91 Å². The van der Waals surface area contributed by atoms with Crippen LogP contribution in [0.2, 0.25) is 0 Å². The summed E-state index contributed by atoms with van der Waals surface area (Å²) in [5, 5.41) is 3.25. The van der Waals surface area contributed by atoms with Crippen molar-refractivity contribution in [2.75, 3.05) is 32.8 Å². The van der Waals surface area contributed by atoms with Gasteiger partial charge in [-0.25, -0.2) is 0 Å². The normalized spacial score (nSPS) is 23.2. The summed E-state index contributed by atoms with van der Waals surface area (Å²) >= 11 is 0. The van der Waals surface area contributed by atoms with Crippen molar-refractivity contribution in [2.45, 2.75) is 38.7 Å². The molecule has 2 rings (SSSR count). The fraction of sp³-hybridized carbons (Fsp3) is 0.923. The van der Waals surface area contributed by atoms with Gasteiger partial charge >= 0.3 is 0 Å². The predicted octanol–water partition coefficient (Wildman–Crippen LogP) is 1.01. The molecule has 0 radical (unpaired) electrons. The lowest BCUT2D eigenvalue weighted by Gasteiger charge is -2.30. The summed E-state index contributed by atoms with van der Waals surface area (Å²) in [6, 6.07) is 0. The minimum Gasteiger partial charge on any atom is -0.369 e. The smallest absolute Gasteiger partial charge is 0.251 e. The van der Waals surface area contributed by atoms with Gasteiger partial charge in [0.1, 0.15) is 6.10 Å². The molecule has 1 saturated heterocycles. The Morgan fingerprint density at radius 3 is 2.71 bits per heavy atom. The Kier molecular flexibility index (Phi) is 4.80. The maximum Gasteiger partial charge on any atom is 0.251 e. The van der Waals surface area contributed by atoms with Gasteiger partial charge in [-0.05, 0) is 19.3 Å². The van der Waals surface area contributed by atoms with E-state index in [0.717, 1.165) is 45.1 Å². The third-order valence-corrected chi connectivity index (χ3v) is 3.90. The number of carbonyl (C=O) groups excluding carboxylic acids is 1. The molecule has 0 spiro atoms. The van der Waals surface area contributed by atoms with Crippen LogP contribution < -0.4 is 5.32 Å². The fourth-order valence-electron chi connectivity index (χ4n) is 2.41. The van der Waals surface area contributed by atoms with Crippen molar-refractivity contribution < 1.29 is 9.53 Å². The van der Waals surface area contributed by atoms with Crippen LogP contribution >= 0.6 is 0 Å². The molecule has 0 aromatic heterocycles. The molecule has 17 heavy (non-hydrogen) atoms. The molecule has 2 fully saturated rings. The summed E-state index contributed by atoms with van der Waals surface area (Å²) in [4.78, 5) is 13.9. The van der Waals surface area contributed by atoms with Gasteiger partial charge < -0.3 is 15.0 Å². The zero-order valence-electron chi connectivity index (χ0n) is 10.8. The Morgan fingerprint density at radius 1 is 1.41 bits per heavy atom. The van der Waals surface area contributed by atoms with Gasteiger partial charge in [0.2, 0.25) is 0 Å². The van der Waals surface area contributed by atoms with E-state index in [9.17, 15) is 4.79 Å². The summed E-state index contributed by atoms with van der Waals surface area (Å²) in [7, 11) is 0. The molecule has 1 saturated carbocycles. The predicted molar refractivity (Wildman–Crippen MR) is 66.8 cm³/mol. The Morgan fingerprint density at radius 2 is 2.12 bits per heavy atom. The molecule has 1 aliphatic carbocycles. The van der Waals surface area contributed by atoms with E-state index >= 15 is 0 Å². The maximum absolute atomic E-state index is 12.0. The van der Waals surface area contributed by atoms with Gasteiger partial charge in [0.15, 0.2) is 0 Å². The maximum atomic E-state index is 12.0. The Balaban J connectivity index is 1.63. The van der Waals surface area contributed by atoms with Gasteiger partial charge in [-0.2, -0.15) is 0 Å². The van der Waals surface area contributed by atoms with Crippen molar-refractivity contribution in [3.8, 4) is 0 Å². The number of rotatable bonds is 5. The summed E-state index contributed by atoms with van der Waals surface area (Å²) in [5.74, 6) is 1.01. The van der Waals surface area contributed by atoms with E-state index in [4.69, 9.17) is 4.74 Å². The van der Waals surface area contributed by atoms with Gasteiger partial charge in [0.05, 0.1) is 0 Å². The second kappa shape index (κ2) is 6.36. The first kappa shape index (κ1) is 12.8. The van der Waals surface area contributed by atoms with Gasteiger partial charge in [-0.3, -0.25) is 4.79 Å². The molecule has 1 atom stereocenters. The number of carbonyl (C=O) groups is 1. The Hall–Kier alpha value is -0.610. The summed E-state index contributed by atoms with van der Waals surface area (Å²) in [6.07, 6.45) is 4.93. The Labute approximate surface area is 104 Å². The zero-order chi connectivity index (χ0) is 12.1. The lowest BCUT2D eigenvalue weighted by Crippen LogP contribution is -2.49. The average Bonchev–Trinajstić information content (AvgIpc) is 2.32. The molecule has 4 heteroatoms. The zero-order valence-corrected chi connectivity index (χ0v) is 10.8. The van der Waals surface area contributed by atoms with E-state index in [1.54, 1.807) is 0 Å². The third-order valence-electron chi connectivity index (χ3n) is 3.90. The molecule has 98 valence electrons. The van der Waals surface area contributed by atoms with Crippen LogP contribution in [0, 0.1) is 5.92 Å². The van der Waals surface area contributed by atoms with Crippen LogP contribution in [0.3, 0.4) is 0 Å².